The second kappa shape index (κ2) is 9.25. The van der Waals surface area contributed by atoms with Crippen molar-refractivity contribution in [3.8, 4) is 5.75 Å². The summed E-state index contributed by atoms with van der Waals surface area (Å²) in [7, 11) is 0. The molecular weight excluding hydrogens is 358 g/mol. The summed E-state index contributed by atoms with van der Waals surface area (Å²) in [5.41, 5.74) is -0.989. The summed E-state index contributed by atoms with van der Waals surface area (Å²) in [6.45, 7) is 3.32. The van der Waals surface area contributed by atoms with Crippen molar-refractivity contribution in [3.63, 3.8) is 0 Å². The minimum absolute atomic E-state index is 0.275. The largest absolute Gasteiger partial charge is 0.491 e. The zero-order chi connectivity index (χ0) is 19.8. The van der Waals surface area contributed by atoms with E-state index in [1.54, 1.807) is 24.3 Å². The van der Waals surface area contributed by atoms with Crippen molar-refractivity contribution in [2.45, 2.75) is 6.92 Å². The lowest BCUT2D eigenvalue weighted by molar-refractivity contribution is -0.394. The molecule has 0 saturated heterocycles. The van der Waals surface area contributed by atoms with E-state index in [2.05, 4.69) is 5.32 Å². The molecule has 0 heterocycles. The number of anilines is 1. The molecule has 0 spiro atoms. The molecule has 2 aromatic rings. The van der Waals surface area contributed by atoms with Crippen molar-refractivity contribution in [3.05, 3.63) is 68.3 Å². The predicted molar refractivity (Wildman–Crippen MR) is 96.1 cm³/mol. The van der Waals surface area contributed by atoms with Crippen molar-refractivity contribution in [1.29, 1.82) is 0 Å². The first-order valence-corrected chi connectivity index (χ1v) is 7.97. The minimum Gasteiger partial charge on any atom is -0.491 e. The summed E-state index contributed by atoms with van der Waals surface area (Å²) in [5.74, 6) is -0.171. The Bertz CT molecular complexity index is 837. The molecule has 1 N–H and O–H groups in total. The van der Waals surface area contributed by atoms with Crippen molar-refractivity contribution >= 4 is 23.0 Å². The van der Waals surface area contributed by atoms with Gasteiger partial charge in [-0.25, -0.2) is 0 Å². The number of non-ortho nitro benzene ring substituents is 1. The standard InChI is InChI=1S/C17H17N3O7/c1-2-26-9-10-27-14-6-3-12(4-7-14)18-17(21)15-8-5-13(19(22)23)11-16(15)20(24)25/h3-8,11H,2,9-10H2,1H3,(H,18,21). The van der Waals surface area contributed by atoms with E-state index < -0.39 is 27.1 Å². The molecule has 10 nitrogen and oxygen atoms in total. The smallest absolute Gasteiger partial charge is 0.289 e. The summed E-state index contributed by atoms with van der Waals surface area (Å²) < 4.78 is 10.6. The number of benzene rings is 2. The molecule has 2 rings (SSSR count). The van der Waals surface area contributed by atoms with Crippen LogP contribution in [0.1, 0.15) is 17.3 Å². The number of rotatable bonds is 9. The Labute approximate surface area is 154 Å². The summed E-state index contributed by atoms with van der Waals surface area (Å²) in [6.07, 6.45) is 0. The fraction of sp³-hybridized carbons (Fsp3) is 0.235. The van der Waals surface area contributed by atoms with Gasteiger partial charge in [-0.2, -0.15) is 0 Å². The first-order chi connectivity index (χ1) is 12.9. The Balaban J connectivity index is 2.08. The zero-order valence-electron chi connectivity index (χ0n) is 14.4. The number of hydrogen-bond donors (Lipinski definition) is 1. The fourth-order valence-electron chi connectivity index (χ4n) is 2.17. The number of carbonyl (C=O) groups excluding carboxylic acids is 1. The van der Waals surface area contributed by atoms with E-state index in [9.17, 15) is 25.0 Å². The molecule has 0 aliphatic rings. The van der Waals surface area contributed by atoms with Crippen LogP contribution in [0, 0.1) is 20.2 Å². The van der Waals surface area contributed by atoms with Crippen LogP contribution in [-0.4, -0.2) is 35.6 Å². The molecule has 0 unspecified atom stereocenters. The maximum Gasteiger partial charge on any atom is 0.289 e. The van der Waals surface area contributed by atoms with Crippen LogP contribution in [-0.2, 0) is 4.74 Å². The molecule has 27 heavy (non-hydrogen) atoms. The molecule has 1 amide bonds. The number of ether oxygens (including phenoxy) is 2. The second-order valence-electron chi connectivity index (χ2n) is 5.24. The molecule has 0 radical (unpaired) electrons. The monoisotopic (exact) mass is 375 g/mol. The van der Waals surface area contributed by atoms with E-state index in [0.717, 1.165) is 18.2 Å². The van der Waals surface area contributed by atoms with Crippen LogP contribution in [0.3, 0.4) is 0 Å². The molecule has 0 aliphatic carbocycles. The van der Waals surface area contributed by atoms with Crippen LogP contribution in [0.5, 0.6) is 5.75 Å². The lowest BCUT2D eigenvalue weighted by atomic mass is 10.1. The molecule has 0 fully saturated rings. The Kier molecular flexibility index (Phi) is 6.78. The molecule has 0 aliphatic heterocycles. The lowest BCUT2D eigenvalue weighted by Gasteiger charge is -2.09. The van der Waals surface area contributed by atoms with E-state index in [4.69, 9.17) is 9.47 Å². The van der Waals surface area contributed by atoms with Gasteiger partial charge in [-0.05, 0) is 37.3 Å². The highest BCUT2D eigenvalue weighted by molar-refractivity contribution is 6.07. The van der Waals surface area contributed by atoms with Gasteiger partial charge in [0.15, 0.2) is 0 Å². The summed E-state index contributed by atoms with van der Waals surface area (Å²) in [4.78, 5) is 32.6. The van der Waals surface area contributed by atoms with Crippen LogP contribution in [0.4, 0.5) is 17.1 Å². The second-order valence-corrected chi connectivity index (χ2v) is 5.24. The average Bonchev–Trinajstić information content (AvgIpc) is 2.65. The van der Waals surface area contributed by atoms with E-state index >= 15 is 0 Å². The van der Waals surface area contributed by atoms with Gasteiger partial charge < -0.3 is 14.8 Å². The highest BCUT2D eigenvalue weighted by Crippen LogP contribution is 2.26. The number of nitrogens with zero attached hydrogens (tertiary/aromatic N) is 2. The van der Waals surface area contributed by atoms with Gasteiger partial charge in [-0.1, -0.05) is 0 Å². The van der Waals surface area contributed by atoms with Crippen LogP contribution in [0.2, 0.25) is 0 Å². The average molecular weight is 375 g/mol. The molecule has 0 bridgehead atoms. The number of amides is 1. The molecule has 2 aromatic carbocycles. The van der Waals surface area contributed by atoms with Crippen LogP contribution < -0.4 is 10.1 Å². The van der Waals surface area contributed by atoms with E-state index in [0.29, 0.717) is 31.3 Å². The van der Waals surface area contributed by atoms with Gasteiger partial charge in [0.1, 0.15) is 17.9 Å². The summed E-state index contributed by atoms with van der Waals surface area (Å²) in [5, 5.41) is 24.4. The third-order valence-electron chi connectivity index (χ3n) is 3.45. The number of nitrogens with one attached hydrogen (secondary N) is 1. The van der Waals surface area contributed by atoms with Crippen molar-refractivity contribution < 1.29 is 24.1 Å². The molecule has 0 atom stereocenters. The quantitative estimate of drug-likeness (QED) is 0.404. The lowest BCUT2D eigenvalue weighted by Crippen LogP contribution is -2.14. The van der Waals surface area contributed by atoms with Gasteiger partial charge in [0.05, 0.1) is 22.5 Å². The summed E-state index contributed by atoms with van der Waals surface area (Å²) >= 11 is 0. The first-order valence-electron chi connectivity index (χ1n) is 7.97. The molecule has 10 heteroatoms. The van der Waals surface area contributed by atoms with Gasteiger partial charge in [0.2, 0.25) is 0 Å². The van der Waals surface area contributed by atoms with Gasteiger partial charge in [0, 0.05) is 18.4 Å². The van der Waals surface area contributed by atoms with Crippen LogP contribution >= 0.6 is 0 Å². The van der Waals surface area contributed by atoms with E-state index in [1.807, 2.05) is 6.92 Å². The van der Waals surface area contributed by atoms with Crippen LogP contribution in [0.15, 0.2) is 42.5 Å². The third kappa shape index (κ3) is 5.47. The predicted octanol–water partition coefficient (Wildman–Crippen LogP) is 3.17. The van der Waals surface area contributed by atoms with Crippen molar-refractivity contribution in [2.75, 3.05) is 25.1 Å². The van der Waals surface area contributed by atoms with Crippen molar-refractivity contribution in [1.82, 2.24) is 0 Å². The molecular formula is C17H17N3O7. The molecule has 142 valence electrons. The first kappa shape index (κ1) is 19.8. The van der Waals surface area contributed by atoms with E-state index in [1.165, 1.54) is 0 Å². The fourth-order valence-corrected chi connectivity index (χ4v) is 2.17. The molecule has 0 saturated carbocycles. The maximum atomic E-state index is 12.3. The Morgan fingerprint density at radius 2 is 1.74 bits per heavy atom. The van der Waals surface area contributed by atoms with Gasteiger partial charge in [0.25, 0.3) is 17.3 Å². The highest BCUT2D eigenvalue weighted by Gasteiger charge is 2.24. The number of carbonyl (C=O) groups is 1. The van der Waals surface area contributed by atoms with Gasteiger partial charge in [-0.3, -0.25) is 25.0 Å². The number of nitro groups is 2. The highest BCUT2D eigenvalue weighted by atomic mass is 16.6. The van der Waals surface area contributed by atoms with Gasteiger partial charge in [-0.15, -0.1) is 0 Å². The Hall–Kier alpha value is -3.53. The Morgan fingerprint density at radius 1 is 1.04 bits per heavy atom. The minimum atomic E-state index is -0.836. The third-order valence-corrected chi connectivity index (χ3v) is 3.45. The van der Waals surface area contributed by atoms with E-state index in [-0.39, 0.29) is 5.56 Å². The SMILES string of the molecule is CCOCCOc1ccc(NC(=O)c2ccc([N+](=O)[O-])cc2[N+](=O)[O-])cc1. The molecule has 0 aromatic heterocycles. The zero-order valence-corrected chi connectivity index (χ0v) is 14.4. The normalized spacial score (nSPS) is 10.3. The van der Waals surface area contributed by atoms with Crippen LogP contribution in [0.25, 0.3) is 0 Å². The maximum absolute atomic E-state index is 12.3. The Morgan fingerprint density at radius 3 is 2.33 bits per heavy atom. The number of hydrogen-bond acceptors (Lipinski definition) is 7. The summed E-state index contributed by atoms with van der Waals surface area (Å²) in [6, 6.07) is 9.26. The number of nitro benzene ring substituents is 2. The topological polar surface area (TPSA) is 134 Å². The van der Waals surface area contributed by atoms with Gasteiger partial charge >= 0.3 is 0 Å². The van der Waals surface area contributed by atoms with Crippen molar-refractivity contribution in [2.24, 2.45) is 0 Å².